The summed E-state index contributed by atoms with van der Waals surface area (Å²) >= 11 is 5.94. The molecule has 0 spiro atoms. The minimum atomic E-state index is 0. The Morgan fingerprint density at radius 3 is 2.96 bits per heavy atom. The molecule has 0 aliphatic carbocycles. The van der Waals surface area contributed by atoms with Gasteiger partial charge in [0, 0.05) is 37.2 Å². The van der Waals surface area contributed by atoms with Gasteiger partial charge in [-0.3, -0.25) is 4.99 Å². The van der Waals surface area contributed by atoms with Crippen LogP contribution < -0.4 is 15.4 Å². The lowest BCUT2D eigenvalue weighted by Crippen LogP contribution is -2.39. The first-order valence-electron chi connectivity index (χ1n) is 9.34. The van der Waals surface area contributed by atoms with Gasteiger partial charge >= 0.3 is 0 Å². The number of nitrogens with zero attached hydrogens (tertiary/aromatic N) is 1. The largest absolute Gasteiger partial charge is 0.492 e. The Balaban J connectivity index is 0.00000364. The summed E-state index contributed by atoms with van der Waals surface area (Å²) in [6, 6.07) is 7.40. The molecule has 1 aromatic carbocycles. The van der Waals surface area contributed by atoms with Crippen LogP contribution >= 0.6 is 35.6 Å². The van der Waals surface area contributed by atoms with Gasteiger partial charge in [0.2, 0.25) is 0 Å². The summed E-state index contributed by atoms with van der Waals surface area (Å²) in [4.78, 5) is 4.55. The van der Waals surface area contributed by atoms with Crippen molar-refractivity contribution in [2.24, 2.45) is 10.9 Å². The zero-order valence-corrected chi connectivity index (χ0v) is 19.0. The number of benzene rings is 1. The van der Waals surface area contributed by atoms with Gasteiger partial charge in [-0.05, 0) is 38.0 Å². The van der Waals surface area contributed by atoms with Gasteiger partial charge in [0.05, 0.1) is 19.8 Å². The number of nitrogens with one attached hydrogen (secondary N) is 2. The van der Waals surface area contributed by atoms with Crippen molar-refractivity contribution in [1.82, 2.24) is 10.6 Å². The molecule has 6 nitrogen and oxygen atoms in total. The molecule has 1 atom stereocenters. The summed E-state index contributed by atoms with van der Waals surface area (Å²) in [6.45, 7) is 8.03. The van der Waals surface area contributed by atoms with Crippen molar-refractivity contribution >= 4 is 41.5 Å². The maximum atomic E-state index is 5.94. The van der Waals surface area contributed by atoms with Crippen molar-refractivity contribution in [3.8, 4) is 5.75 Å². The molecule has 8 heteroatoms. The van der Waals surface area contributed by atoms with E-state index in [1.165, 1.54) is 0 Å². The second kappa shape index (κ2) is 15.2. The lowest BCUT2D eigenvalue weighted by Gasteiger charge is -2.12. The molecule has 1 unspecified atom stereocenters. The third kappa shape index (κ3) is 11.0. The van der Waals surface area contributed by atoms with Crippen LogP contribution in [0.15, 0.2) is 29.3 Å². The maximum absolute atomic E-state index is 5.94. The van der Waals surface area contributed by atoms with Crippen LogP contribution in [0.4, 0.5) is 0 Å². The lowest BCUT2D eigenvalue weighted by atomic mass is 10.1. The van der Waals surface area contributed by atoms with Crippen molar-refractivity contribution in [2.75, 3.05) is 52.7 Å². The van der Waals surface area contributed by atoms with Gasteiger partial charge in [0.15, 0.2) is 5.96 Å². The molecule has 1 saturated heterocycles. The Morgan fingerprint density at radius 1 is 1.33 bits per heavy atom. The highest BCUT2D eigenvalue weighted by Crippen LogP contribution is 2.16. The molecule has 27 heavy (non-hydrogen) atoms. The Bertz CT molecular complexity index is 543. The fraction of sp³-hybridized carbons (Fsp3) is 0.632. The van der Waals surface area contributed by atoms with Crippen molar-refractivity contribution in [1.29, 1.82) is 0 Å². The van der Waals surface area contributed by atoms with Gasteiger partial charge in [-0.15, -0.1) is 24.0 Å². The molecule has 0 radical (unpaired) electrons. The van der Waals surface area contributed by atoms with Crippen molar-refractivity contribution in [2.45, 2.75) is 19.8 Å². The van der Waals surface area contributed by atoms with E-state index in [2.05, 4.69) is 15.6 Å². The average Bonchev–Trinajstić information content (AvgIpc) is 3.15. The van der Waals surface area contributed by atoms with Crippen LogP contribution in [0, 0.1) is 5.92 Å². The molecular formula is C19H31ClIN3O3. The van der Waals surface area contributed by atoms with E-state index in [0.29, 0.717) is 24.1 Å². The van der Waals surface area contributed by atoms with Crippen LogP contribution in [0.25, 0.3) is 0 Å². The Morgan fingerprint density at radius 2 is 2.22 bits per heavy atom. The van der Waals surface area contributed by atoms with E-state index in [9.17, 15) is 0 Å². The standard InChI is InChI=1S/C19H30ClN3O3.HI/c1-2-21-19(22-8-4-10-24-14-16-7-11-25-15-16)23-9-12-26-18-6-3-5-17(20)13-18;/h3,5-6,13,16H,2,4,7-12,14-15H2,1H3,(H2,21,22,23);1H. The molecule has 154 valence electrons. The highest BCUT2D eigenvalue weighted by atomic mass is 127. The van der Waals surface area contributed by atoms with Crippen LogP contribution in [-0.4, -0.2) is 58.6 Å². The third-order valence-corrected chi connectivity index (χ3v) is 4.13. The minimum absolute atomic E-state index is 0. The SMILES string of the molecule is CCNC(=NCCCOCC1CCOC1)NCCOc1cccc(Cl)c1.I. The highest BCUT2D eigenvalue weighted by Gasteiger charge is 2.15. The zero-order chi connectivity index (χ0) is 18.5. The first kappa shape index (κ1) is 24.3. The summed E-state index contributed by atoms with van der Waals surface area (Å²) in [5.41, 5.74) is 0. The van der Waals surface area contributed by atoms with E-state index in [4.69, 9.17) is 25.8 Å². The van der Waals surface area contributed by atoms with Crippen LogP contribution in [0.3, 0.4) is 0 Å². The van der Waals surface area contributed by atoms with Crippen LogP contribution in [-0.2, 0) is 9.47 Å². The second-order valence-corrected chi connectivity index (χ2v) is 6.59. The number of halogens is 2. The lowest BCUT2D eigenvalue weighted by molar-refractivity contribution is 0.0893. The van der Waals surface area contributed by atoms with E-state index in [-0.39, 0.29) is 24.0 Å². The Kier molecular flexibility index (Phi) is 13.7. The summed E-state index contributed by atoms with van der Waals surface area (Å²) in [5, 5.41) is 7.17. The van der Waals surface area contributed by atoms with E-state index in [1.807, 2.05) is 25.1 Å². The monoisotopic (exact) mass is 511 g/mol. The van der Waals surface area contributed by atoms with E-state index in [0.717, 1.165) is 64.1 Å². The summed E-state index contributed by atoms with van der Waals surface area (Å²) in [5.74, 6) is 2.13. The first-order valence-corrected chi connectivity index (χ1v) is 9.71. The molecule has 0 amide bonds. The predicted molar refractivity (Wildman–Crippen MR) is 121 cm³/mol. The number of hydrogen-bond donors (Lipinski definition) is 2. The second-order valence-electron chi connectivity index (χ2n) is 6.15. The van der Waals surface area contributed by atoms with Gasteiger partial charge in [-0.1, -0.05) is 17.7 Å². The summed E-state index contributed by atoms with van der Waals surface area (Å²) in [6.07, 6.45) is 2.02. The number of rotatable bonds is 11. The molecule has 1 aromatic rings. The zero-order valence-electron chi connectivity index (χ0n) is 15.9. The van der Waals surface area contributed by atoms with Crippen molar-refractivity contribution in [3.63, 3.8) is 0 Å². The number of guanidine groups is 1. The van der Waals surface area contributed by atoms with E-state index < -0.39 is 0 Å². The smallest absolute Gasteiger partial charge is 0.191 e. The van der Waals surface area contributed by atoms with Crippen molar-refractivity contribution < 1.29 is 14.2 Å². The van der Waals surface area contributed by atoms with Gasteiger partial charge < -0.3 is 24.8 Å². The van der Waals surface area contributed by atoms with Crippen LogP contribution in [0.5, 0.6) is 5.75 Å². The minimum Gasteiger partial charge on any atom is -0.492 e. The number of ether oxygens (including phenoxy) is 3. The van der Waals surface area contributed by atoms with Gasteiger partial charge in [0.1, 0.15) is 12.4 Å². The molecule has 1 heterocycles. The molecule has 1 aliphatic rings. The number of aliphatic imine (C=N–C) groups is 1. The van der Waals surface area contributed by atoms with Gasteiger partial charge in [-0.25, -0.2) is 0 Å². The van der Waals surface area contributed by atoms with Crippen LogP contribution in [0.1, 0.15) is 19.8 Å². The number of hydrogen-bond acceptors (Lipinski definition) is 4. The van der Waals surface area contributed by atoms with Crippen molar-refractivity contribution in [3.05, 3.63) is 29.3 Å². The first-order chi connectivity index (χ1) is 12.8. The predicted octanol–water partition coefficient (Wildman–Crippen LogP) is 3.34. The fourth-order valence-corrected chi connectivity index (χ4v) is 2.74. The topological polar surface area (TPSA) is 64.1 Å². The molecular weight excluding hydrogens is 481 g/mol. The molecule has 1 aliphatic heterocycles. The fourth-order valence-electron chi connectivity index (χ4n) is 2.56. The molecule has 0 saturated carbocycles. The van der Waals surface area contributed by atoms with Crippen LogP contribution in [0.2, 0.25) is 5.02 Å². The van der Waals surface area contributed by atoms with Gasteiger partial charge in [-0.2, -0.15) is 0 Å². The highest BCUT2D eigenvalue weighted by molar-refractivity contribution is 14.0. The molecule has 2 N–H and O–H groups in total. The normalized spacial score (nSPS) is 16.7. The molecule has 0 aromatic heterocycles. The van der Waals surface area contributed by atoms with Gasteiger partial charge in [0.25, 0.3) is 0 Å². The molecule has 0 bridgehead atoms. The quantitative estimate of drug-likeness (QED) is 0.207. The third-order valence-electron chi connectivity index (χ3n) is 3.90. The van der Waals surface area contributed by atoms with E-state index in [1.54, 1.807) is 6.07 Å². The average molecular weight is 512 g/mol. The summed E-state index contributed by atoms with van der Waals surface area (Å²) < 4.78 is 16.7. The Labute approximate surface area is 184 Å². The molecule has 2 rings (SSSR count). The Hall–Kier alpha value is -0.770. The summed E-state index contributed by atoms with van der Waals surface area (Å²) in [7, 11) is 0. The molecule has 1 fully saturated rings. The maximum Gasteiger partial charge on any atom is 0.191 e. The van der Waals surface area contributed by atoms with E-state index >= 15 is 0 Å².